The molecule has 0 heterocycles. The molecule has 1 aromatic carbocycles. The van der Waals surface area contributed by atoms with Gasteiger partial charge in [-0.25, -0.2) is 0 Å². The van der Waals surface area contributed by atoms with Gasteiger partial charge in [0.2, 0.25) is 11.2 Å². The summed E-state index contributed by atoms with van der Waals surface area (Å²) in [6.45, 7) is 0. The summed E-state index contributed by atoms with van der Waals surface area (Å²) in [5, 5.41) is 18.4. The molecule has 0 aromatic heterocycles. The van der Waals surface area contributed by atoms with Crippen molar-refractivity contribution in [3.63, 3.8) is 0 Å². The van der Waals surface area contributed by atoms with Crippen LogP contribution in [0.3, 0.4) is 0 Å². The van der Waals surface area contributed by atoms with Crippen molar-refractivity contribution in [2.45, 2.75) is 0 Å². The van der Waals surface area contributed by atoms with Gasteiger partial charge in [-0.15, -0.1) is 0 Å². The molecule has 0 atom stereocenters. The van der Waals surface area contributed by atoms with E-state index in [4.69, 9.17) is 5.39 Å². The van der Waals surface area contributed by atoms with Gasteiger partial charge in [0, 0.05) is 6.07 Å². The summed E-state index contributed by atoms with van der Waals surface area (Å²) < 4.78 is 12.7. The summed E-state index contributed by atoms with van der Waals surface area (Å²) in [5.74, 6) is -0.924. The van der Waals surface area contributed by atoms with Gasteiger partial charge in [0.25, 0.3) is 0 Å². The topological polar surface area (TPSA) is 71.3 Å². The number of halogens is 1. The van der Waals surface area contributed by atoms with Crippen LogP contribution in [0.4, 0.5) is 15.8 Å². The van der Waals surface area contributed by atoms with E-state index >= 15 is 0 Å². The van der Waals surface area contributed by atoms with E-state index in [9.17, 15) is 14.5 Å². The van der Waals surface area contributed by atoms with Crippen molar-refractivity contribution in [3.8, 4) is 0 Å². The highest BCUT2D eigenvalue weighted by Crippen LogP contribution is 2.29. The van der Waals surface area contributed by atoms with Crippen LogP contribution in [0.5, 0.6) is 0 Å². The number of rotatable bonds is 1. The molecule has 5 nitrogen and oxygen atoms in total. The SMILES string of the molecule is N#[N+]c1c(F)cccc1[N+](=O)[O-]. The zero-order chi connectivity index (χ0) is 9.14. The van der Waals surface area contributed by atoms with Gasteiger partial charge in [-0.3, -0.25) is 10.1 Å². The summed E-state index contributed by atoms with van der Waals surface area (Å²) in [6, 6.07) is 3.20. The van der Waals surface area contributed by atoms with Crippen molar-refractivity contribution in [2.24, 2.45) is 0 Å². The lowest BCUT2D eigenvalue weighted by molar-refractivity contribution is -0.384. The number of benzene rings is 1. The molecular formula is C6H3FN3O2+. The number of nitro groups is 1. The lowest BCUT2D eigenvalue weighted by Gasteiger charge is -1.85. The van der Waals surface area contributed by atoms with Crippen molar-refractivity contribution >= 4 is 11.4 Å². The summed E-state index contributed by atoms with van der Waals surface area (Å²) in [7, 11) is 0. The molecular weight excluding hydrogens is 165 g/mol. The van der Waals surface area contributed by atoms with Crippen LogP contribution >= 0.6 is 0 Å². The van der Waals surface area contributed by atoms with Gasteiger partial charge in [-0.2, -0.15) is 4.39 Å². The third-order valence-corrected chi connectivity index (χ3v) is 1.26. The third kappa shape index (κ3) is 1.20. The minimum atomic E-state index is -0.924. The standard InChI is InChI=1S/C6H3FN3O2/c7-4-2-1-3-5(10(11)12)6(4)9-8/h1-3H/q+1. The maximum atomic E-state index is 12.7. The molecule has 0 bridgehead atoms. The Morgan fingerprint density at radius 1 is 1.58 bits per heavy atom. The first kappa shape index (κ1) is 8.07. The first-order valence-corrected chi connectivity index (χ1v) is 2.95. The molecule has 0 saturated heterocycles. The molecule has 0 aliphatic carbocycles. The van der Waals surface area contributed by atoms with E-state index in [2.05, 4.69) is 4.98 Å². The molecule has 6 heteroatoms. The summed E-state index contributed by atoms with van der Waals surface area (Å²) in [4.78, 5) is 11.9. The summed E-state index contributed by atoms with van der Waals surface area (Å²) in [5.41, 5.74) is -1.21. The average Bonchev–Trinajstić information content (AvgIpc) is 2.03. The zero-order valence-corrected chi connectivity index (χ0v) is 5.77. The van der Waals surface area contributed by atoms with Crippen LogP contribution in [0.25, 0.3) is 4.98 Å². The highest BCUT2D eigenvalue weighted by atomic mass is 19.1. The molecule has 60 valence electrons. The Labute approximate surface area is 66.2 Å². The summed E-state index contributed by atoms with van der Waals surface area (Å²) >= 11 is 0. The lowest BCUT2D eigenvalue weighted by atomic mass is 10.2. The van der Waals surface area contributed by atoms with Gasteiger partial charge in [0.15, 0.2) is 4.98 Å². The molecule has 0 radical (unpaired) electrons. The first-order valence-electron chi connectivity index (χ1n) is 2.95. The Morgan fingerprint density at radius 2 is 2.25 bits per heavy atom. The molecule has 0 N–H and O–H groups in total. The van der Waals surface area contributed by atoms with Crippen LogP contribution in [-0.4, -0.2) is 4.92 Å². The van der Waals surface area contributed by atoms with E-state index in [1.165, 1.54) is 6.07 Å². The van der Waals surface area contributed by atoms with Gasteiger partial charge < -0.3 is 0 Å². The van der Waals surface area contributed by atoms with E-state index < -0.39 is 22.1 Å². The van der Waals surface area contributed by atoms with Crippen LogP contribution in [0.2, 0.25) is 0 Å². The van der Waals surface area contributed by atoms with Crippen LogP contribution in [-0.2, 0) is 0 Å². The van der Waals surface area contributed by atoms with Gasteiger partial charge in [0.1, 0.15) is 0 Å². The quantitative estimate of drug-likeness (QED) is 0.366. The van der Waals surface area contributed by atoms with E-state index in [0.717, 1.165) is 12.1 Å². The smallest absolute Gasteiger partial charge is 0.258 e. The van der Waals surface area contributed by atoms with Crippen molar-refractivity contribution < 1.29 is 9.31 Å². The predicted molar refractivity (Wildman–Crippen MR) is 37.8 cm³/mol. The van der Waals surface area contributed by atoms with Crippen LogP contribution in [0.1, 0.15) is 0 Å². The largest absolute Gasteiger partial charge is 0.496 e. The molecule has 0 aliphatic rings. The zero-order valence-electron chi connectivity index (χ0n) is 5.77. The fourth-order valence-electron chi connectivity index (χ4n) is 0.750. The number of diazo groups is 1. The maximum absolute atomic E-state index is 12.7. The minimum Gasteiger partial charge on any atom is -0.258 e. The fourth-order valence-corrected chi connectivity index (χ4v) is 0.750. The van der Waals surface area contributed by atoms with Gasteiger partial charge in [-0.1, -0.05) is 6.07 Å². The maximum Gasteiger partial charge on any atom is 0.496 e. The van der Waals surface area contributed by atoms with Crippen molar-refractivity contribution in [2.75, 3.05) is 0 Å². The number of hydrogen-bond donors (Lipinski definition) is 0. The molecule has 0 spiro atoms. The highest BCUT2D eigenvalue weighted by molar-refractivity contribution is 5.62. The highest BCUT2D eigenvalue weighted by Gasteiger charge is 2.28. The molecule has 0 unspecified atom stereocenters. The van der Waals surface area contributed by atoms with Crippen molar-refractivity contribution in [1.82, 2.24) is 0 Å². The molecule has 0 amide bonds. The van der Waals surface area contributed by atoms with Crippen LogP contribution in [0, 0.1) is 21.3 Å². The fraction of sp³-hybridized carbons (Fsp3) is 0. The average molecular weight is 168 g/mol. The predicted octanol–water partition coefficient (Wildman–Crippen LogP) is 2.22. The molecule has 12 heavy (non-hydrogen) atoms. The Bertz CT molecular complexity index is 372. The van der Waals surface area contributed by atoms with Crippen molar-refractivity contribution in [3.05, 3.63) is 39.1 Å². The first-order chi connectivity index (χ1) is 5.66. The second-order valence-electron chi connectivity index (χ2n) is 1.96. The van der Waals surface area contributed by atoms with E-state index in [0.29, 0.717) is 0 Å². The third-order valence-electron chi connectivity index (χ3n) is 1.26. The number of hydrogen-bond acceptors (Lipinski definition) is 3. The Hall–Kier alpha value is -2.03. The van der Waals surface area contributed by atoms with E-state index in [1.807, 2.05) is 0 Å². The molecule has 1 aromatic rings. The Balaban J connectivity index is 3.40. The van der Waals surface area contributed by atoms with Gasteiger partial charge in [-0.05, 0) is 6.07 Å². The normalized spacial score (nSPS) is 9.00. The second kappa shape index (κ2) is 2.92. The molecule has 0 fully saturated rings. The van der Waals surface area contributed by atoms with Gasteiger partial charge in [0.05, 0.1) is 4.92 Å². The minimum absolute atomic E-state index is 0.558. The molecule has 0 aliphatic heterocycles. The van der Waals surface area contributed by atoms with Crippen molar-refractivity contribution in [1.29, 1.82) is 5.39 Å². The van der Waals surface area contributed by atoms with Gasteiger partial charge >= 0.3 is 11.4 Å². The van der Waals surface area contributed by atoms with E-state index in [1.54, 1.807) is 0 Å². The number of nitrogens with zero attached hydrogens (tertiary/aromatic N) is 3. The number of nitro benzene ring substituents is 1. The second-order valence-corrected chi connectivity index (χ2v) is 1.96. The Morgan fingerprint density at radius 3 is 2.67 bits per heavy atom. The van der Waals surface area contributed by atoms with Crippen LogP contribution < -0.4 is 0 Å². The lowest BCUT2D eigenvalue weighted by Crippen LogP contribution is -1.88. The monoisotopic (exact) mass is 168 g/mol. The summed E-state index contributed by atoms with van der Waals surface area (Å²) in [6.07, 6.45) is 0. The van der Waals surface area contributed by atoms with E-state index in [-0.39, 0.29) is 0 Å². The molecule has 0 saturated carbocycles. The van der Waals surface area contributed by atoms with Crippen LogP contribution in [0.15, 0.2) is 18.2 Å². The Kier molecular flexibility index (Phi) is 1.96. The molecule has 1 rings (SSSR count).